The second kappa shape index (κ2) is 16.3. The van der Waals surface area contributed by atoms with Gasteiger partial charge >= 0.3 is 5.97 Å². The molecule has 5 unspecified atom stereocenters. The number of amides is 3. The highest BCUT2D eigenvalue weighted by atomic mass is 16.4. The van der Waals surface area contributed by atoms with Crippen LogP contribution in [-0.4, -0.2) is 70.5 Å². The number of aliphatic imine (C=N–C) groups is 1. The fourth-order valence-electron chi connectivity index (χ4n) is 4.57. The molecule has 13 heteroatoms. The second-order valence-corrected chi connectivity index (χ2v) is 11.1. The fraction of sp³-hybridized carbons (Fsp3) is 0.552. The van der Waals surface area contributed by atoms with Crippen molar-refractivity contribution in [3.05, 3.63) is 36.0 Å². The van der Waals surface area contributed by atoms with Crippen LogP contribution in [0.2, 0.25) is 0 Å². The zero-order chi connectivity index (χ0) is 31.4. The van der Waals surface area contributed by atoms with Crippen molar-refractivity contribution in [2.24, 2.45) is 34.0 Å². The number of carbonyl (C=O) groups is 4. The summed E-state index contributed by atoms with van der Waals surface area (Å²) in [5.41, 5.74) is 18.3. The van der Waals surface area contributed by atoms with Crippen molar-refractivity contribution in [3.8, 4) is 0 Å². The number of aliphatic carboxylic acids is 1. The molecule has 3 amide bonds. The smallest absolute Gasteiger partial charge is 0.326 e. The van der Waals surface area contributed by atoms with E-state index in [1.54, 1.807) is 13.1 Å². The summed E-state index contributed by atoms with van der Waals surface area (Å²) in [6.07, 6.45) is 3.42. The number of carbonyl (C=O) groups excluding carboxylic acids is 3. The zero-order valence-corrected chi connectivity index (χ0v) is 24.9. The van der Waals surface area contributed by atoms with Crippen LogP contribution < -0.4 is 33.2 Å². The third kappa shape index (κ3) is 10.4. The molecule has 0 radical (unpaired) electrons. The van der Waals surface area contributed by atoms with Crippen LogP contribution in [0.15, 0.2) is 35.5 Å². The zero-order valence-electron chi connectivity index (χ0n) is 24.9. The number of guanidine groups is 1. The van der Waals surface area contributed by atoms with Gasteiger partial charge in [-0.1, -0.05) is 52.3 Å². The number of nitrogens with one attached hydrogen (secondary N) is 4. The van der Waals surface area contributed by atoms with Crippen molar-refractivity contribution in [1.29, 1.82) is 0 Å². The minimum absolute atomic E-state index is 0.0441. The lowest BCUT2D eigenvalue weighted by atomic mass is 9.96. The highest BCUT2D eigenvalue weighted by Gasteiger charge is 2.33. The van der Waals surface area contributed by atoms with Crippen LogP contribution in [-0.2, 0) is 25.6 Å². The van der Waals surface area contributed by atoms with Gasteiger partial charge in [0.1, 0.15) is 18.1 Å². The second-order valence-electron chi connectivity index (χ2n) is 11.1. The number of carboxylic acids is 1. The number of aromatic nitrogens is 1. The topological polar surface area (TPSA) is 231 Å². The maximum Gasteiger partial charge on any atom is 0.326 e. The van der Waals surface area contributed by atoms with Gasteiger partial charge in [0.05, 0.1) is 6.04 Å². The van der Waals surface area contributed by atoms with Gasteiger partial charge in [0, 0.05) is 30.1 Å². The minimum atomic E-state index is -1.22. The number of aromatic amines is 1. The van der Waals surface area contributed by atoms with Gasteiger partial charge in [0.25, 0.3) is 0 Å². The summed E-state index contributed by atoms with van der Waals surface area (Å²) < 4.78 is 0. The number of nitrogens with zero attached hydrogens (tertiary/aromatic N) is 1. The largest absolute Gasteiger partial charge is 0.480 e. The summed E-state index contributed by atoms with van der Waals surface area (Å²) in [6, 6.07) is 3.43. The molecule has 5 atom stereocenters. The normalized spacial score (nSPS) is 14.8. The molecule has 0 saturated heterocycles. The van der Waals surface area contributed by atoms with Gasteiger partial charge in [-0.15, -0.1) is 0 Å². The number of fused-ring (bicyclic) bond motifs is 1. The Hall–Kier alpha value is -4.13. The molecule has 0 fully saturated rings. The number of hydrogen-bond donors (Lipinski definition) is 8. The van der Waals surface area contributed by atoms with Crippen LogP contribution in [0.25, 0.3) is 10.9 Å². The van der Waals surface area contributed by atoms with Crippen LogP contribution in [0, 0.1) is 11.8 Å². The number of carboxylic acid groups (broad SMARTS) is 1. The standard InChI is InChI=1S/C29H46N8O5/c1-5-17(4)24(27(40)36-23(28(41)42)14-18-15-34-21-11-7-6-9-19(18)21)37-26(39)22(13-16(2)3)35-25(38)20(30)10-8-12-33-29(31)32/h6-7,9,11,15-17,20,22-24,34H,5,8,10,12-14,30H2,1-4H3,(H,35,38)(H,36,40)(H,37,39)(H,41,42)(H4,31,32,33). The van der Waals surface area contributed by atoms with Crippen molar-refractivity contribution in [2.75, 3.05) is 6.54 Å². The van der Waals surface area contributed by atoms with E-state index >= 15 is 0 Å². The van der Waals surface area contributed by atoms with E-state index in [1.807, 2.05) is 45.0 Å². The minimum Gasteiger partial charge on any atom is -0.480 e. The molecule has 0 aliphatic heterocycles. The van der Waals surface area contributed by atoms with Crippen molar-refractivity contribution < 1.29 is 24.3 Å². The monoisotopic (exact) mass is 586 g/mol. The van der Waals surface area contributed by atoms with Crippen LogP contribution in [0.4, 0.5) is 0 Å². The average molecular weight is 587 g/mol. The lowest BCUT2D eigenvalue weighted by Crippen LogP contribution is -2.59. The molecular weight excluding hydrogens is 540 g/mol. The molecule has 0 bridgehead atoms. The lowest BCUT2D eigenvalue weighted by Gasteiger charge is -2.28. The first-order valence-corrected chi connectivity index (χ1v) is 14.3. The van der Waals surface area contributed by atoms with E-state index in [-0.39, 0.29) is 24.2 Å². The van der Waals surface area contributed by atoms with Crippen molar-refractivity contribution >= 4 is 40.6 Å². The van der Waals surface area contributed by atoms with E-state index in [2.05, 4.69) is 25.9 Å². The molecule has 232 valence electrons. The Morgan fingerprint density at radius 2 is 1.64 bits per heavy atom. The Bertz CT molecular complexity index is 1240. The first-order valence-electron chi connectivity index (χ1n) is 14.3. The maximum absolute atomic E-state index is 13.4. The van der Waals surface area contributed by atoms with E-state index in [9.17, 15) is 24.3 Å². The molecule has 11 N–H and O–H groups in total. The molecule has 2 aromatic rings. The van der Waals surface area contributed by atoms with E-state index < -0.39 is 47.9 Å². The summed E-state index contributed by atoms with van der Waals surface area (Å²) in [5.74, 6) is -3.18. The molecule has 1 aromatic heterocycles. The van der Waals surface area contributed by atoms with E-state index in [0.717, 1.165) is 16.5 Å². The third-order valence-corrected chi connectivity index (χ3v) is 7.15. The third-order valence-electron chi connectivity index (χ3n) is 7.15. The first kappa shape index (κ1) is 34.1. The van der Waals surface area contributed by atoms with Gasteiger partial charge < -0.3 is 43.2 Å². The van der Waals surface area contributed by atoms with Crippen molar-refractivity contribution in [3.63, 3.8) is 0 Å². The van der Waals surface area contributed by atoms with Crippen molar-refractivity contribution in [1.82, 2.24) is 20.9 Å². The Morgan fingerprint density at radius 1 is 0.976 bits per heavy atom. The number of nitrogens with two attached hydrogens (primary N) is 3. The summed E-state index contributed by atoms with van der Waals surface area (Å²) in [6.45, 7) is 7.79. The Labute approximate surface area is 246 Å². The van der Waals surface area contributed by atoms with Gasteiger partial charge in [-0.05, 0) is 42.7 Å². The van der Waals surface area contributed by atoms with Crippen LogP contribution in [0.5, 0.6) is 0 Å². The molecule has 1 heterocycles. The molecule has 13 nitrogen and oxygen atoms in total. The predicted octanol–water partition coefficient (Wildman–Crippen LogP) is 0.723. The predicted molar refractivity (Wildman–Crippen MR) is 162 cm³/mol. The molecule has 42 heavy (non-hydrogen) atoms. The Morgan fingerprint density at radius 3 is 2.26 bits per heavy atom. The molecular formula is C29H46N8O5. The van der Waals surface area contributed by atoms with Gasteiger partial charge in [-0.3, -0.25) is 19.4 Å². The van der Waals surface area contributed by atoms with Gasteiger partial charge in [0.15, 0.2) is 5.96 Å². The molecule has 0 spiro atoms. The maximum atomic E-state index is 13.4. The van der Waals surface area contributed by atoms with Gasteiger partial charge in [-0.25, -0.2) is 4.79 Å². The summed E-state index contributed by atoms with van der Waals surface area (Å²) in [7, 11) is 0. The lowest BCUT2D eigenvalue weighted by molar-refractivity contribution is -0.142. The number of para-hydroxylation sites is 1. The molecule has 0 aliphatic carbocycles. The van der Waals surface area contributed by atoms with Crippen molar-refractivity contribution in [2.45, 2.75) is 84.0 Å². The van der Waals surface area contributed by atoms with E-state index in [0.29, 0.717) is 32.2 Å². The molecule has 2 rings (SSSR count). The van der Waals surface area contributed by atoms with E-state index in [1.165, 1.54) is 0 Å². The number of rotatable bonds is 17. The Balaban J connectivity index is 2.14. The SMILES string of the molecule is CCC(C)C(NC(=O)C(CC(C)C)NC(=O)C(N)CCCN=C(N)N)C(=O)NC(Cc1c[nH]c2ccccc12)C(=O)O. The summed E-state index contributed by atoms with van der Waals surface area (Å²) in [4.78, 5) is 58.7. The molecule has 0 saturated carbocycles. The summed E-state index contributed by atoms with van der Waals surface area (Å²) >= 11 is 0. The van der Waals surface area contributed by atoms with Crippen LogP contribution in [0.1, 0.15) is 58.9 Å². The summed E-state index contributed by atoms with van der Waals surface area (Å²) in [5, 5.41) is 18.9. The highest BCUT2D eigenvalue weighted by molar-refractivity contribution is 5.94. The van der Waals surface area contributed by atoms with Gasteiger partial charge in [0.2, 0.25) is 17.7 Å². The fourth-order valence-corrected chi connectivity index (χ4v) is 4.57. The number of hydrogen-bond acceptors (Lipinski definition) is 6. The molecule has 0 aliphatic rings. The number of benzene rings is 1. The van der Waals surface area contributed by atoms with Gasteiger partial charge in [-0.2, -0.15) is 0 Å². The quantitative estimate of drug-likeness (QED) is 0.0746. The van der Waals surface area contributed by atoms with E-state index in [4.69, 9.17) is 17.2 Å². The average Bonchev–Trinajstić information content (AvgIpc) is 3.34. The van der Waals surface area contributed by atoms with Crippen LogP contribution in [0.3, 0.4) is 0 Å². The highest BCUT2D eigenvalue weighted by Crippen LogP contribution is 2.19. The Kier molecular flexibility index (Phi) is 13.3. The van der Waals surface area contributed by atoms with Crippen LogP contribution >= 0.6 is 0 Å². The number of H-pyrrole nitrogens is 1. The molecule has 1 aromatic carbocycles. The first-order chi connectivity index (χ1) is 19.8.